The van der Waals surface area contributed by atoms with E-state index in [9.17, 15) is 14.7 Å². The second-order valence-corrected chi connectivity index (χ2v) is 9.11. The lowest BCUT2D eigenvalue weighted by Gasteiger charge is -2.29. The number of nitrogens with zero attached hydrogens (tertiary/aromatic N) is 1. The second-order valence-electron chi connectivity index (χ2n) is 7.24. The van der Waals surface area contributed by atoms with E-state index in [-0.39, 0.29) is 22.5 Å². The van der Waals surface area contributed by atoms with Gasteiger partial charge in [-0.05, 0) is 42.7 Å². The van der Waals surface area contributed by atoms with E-state index in [1.165, 1.54) is 17.4 Å². The van der Waals surface area contributed by atoms with Crippen molar-refractivity contribution in [3.8, 4) is 10.4 Å². The maximum atomic E-state index is 13.6. The summed E-state index contributed by atoms with van der Waals surface area (Å²) in [5, 5.41) is 11.0. The van der Waals surface area contributed by atoms with E-state index in [4.69, 9.17) is 23.2 Å². The normalized spacial score (nSPS) is 14.1. The zero-order valence-electron chi connectivity index (χ0n) is 16.0. The van der Waals surface area contributed by atoms with Crippen LogP contribution in [-0.4, -0.2) is 23.0 Å². The summed E-state index contributed by atoms with van der Waals surface area (Å²) in [4.78, 5) is 28.1. The Labute approximate surface area is 188 Å². The molecule has 1 aliphatic rings. The standard InChI is InChI=1S/C23H19Cl2NO3S/c24-15-10-11-17(19(25)12-15)21(27)26(16-8-4-5-9-16)22-18(23(28)29)13-20(30-22)14-6-2-1-3-7-14/h1-3,6-7,10-13,16H,4-5,8-9H2,(H,28,29). The highest BCUT2D eigenvalue weighted by Crippen LogP contribution is 2.42. The molecule has 1 N–H and O–H groups in total. The molecule has 4 rings (SSSR count). The van der Waals surface area contributed by atoms with E-state index >= 15 is 0 Å². The zero-order valence-corrected chi connectivity index (χ0v) is 18.3. The molecular formula is C23H19Cl2NO3S. The molecule has 1 aromatic heterocycles. The van der Waals surface area contributed by atoms with E-state index in [0.29, 0.717) is 15.6 Å². The van der Waals surface area contributed by atoms with Gasteiger partial charge in [-0.3, -0.25) is 9.69 Å². The topological polar surface area (TPSA) is 57.6 Å². The molecule has 154 valence electrons. The summed E-state index contributed by atoms with van der Waals surface area (Å²) in [5.41, 5.74) is 1.36. The van der Waals surface area contributed by atoms with Crippen LogP contribution >= 0.6 is 34.5 Å². The van der Waals surface area contributed by atoms with Gasteiger partial charge in [-0.15, -0.1) is 11.3 Å². The van der Waals surface area contributed by atoms with Crippen molar-refractivity contribution in [1.82, 2.24) is 0 Å². The molecule has 1 fully saturated rings. The Balaban J connectivity index is 1.84. The first-order valence-electron chi connectivity index (χ1n) is 9.67. The van der Waals surface area contributed by atoms with Gasteiger partial charge >= 0.3 is 5.97 Å². The molecule has 0 radical (unpaired) electrons. The highest BCUT2D eigenvalue weighted by atomic mass is 35.5. The third kappa shape index (κ3) is 4.10. The molecule has 0 aliphatic heterocycles. The number of anilines is 1. The number of rotatable bonds is 5. The van der Waals surface area contributed by atoms with E-state index in [1.807, 2.05) is 30.3 Å². The monoisotopic (exact) mass is 459 g/mol. The number of thiophene rings is 1. The average Bonchev–Trinajstić information content (AvgIpc) is 3.40. The molecule has 30 heavy (non-hydrogen) atoms. The average molecular weight is 460 g/mol. The first-order valence-corrected chi connectivity index (χ1v) is 11.2. The van der Waals surface area contributed by atoms with Crippen LogP contribution in [0.15, 0.2) is 54.6 Å². The first kappa shape index (κ1) is 20.9. The fourth-order valence-electron chi connectivity index (χ4n) is 3.84. The van der Waals surface area contributed by atoms with Crippen LogP contribution in [0, 0.1) is 0 Å². The molecule has 0 atom stereocenters. The molecule has 1 aliphatic carbocycles. The maximum Gasteiger partial charge on any atom is 0.338 e. The van der Waals surface area contributed by atoms with Crippen molar-refractivity contribution in [3.05, 3.63) is 75.8 Å². The highest BCUT2D eigenvalue weighted by molar-refractivity contribution is 7.20. The molecule has 2 aromatic carbocycles. The summed E-state index contributed by atoms with van der Waals surface area (Å²) in [6.45, 7) is 0. The van der Waals surface area contributed by atoms with Crippen LogP contribution in [0.3, 0.4) is 0 Å². The Hall–Kier alpha value is -2.34. The maximum absolute atomic E-state index is 13.6. The number of aromatic carboxylic acids is 1. The molecule has 1 heterocycles. The number of carbonyl (C=O) groups is 2. The highest BCUT2D eigenvalue weighted by Gasteiger charge is 2.34. The minimum Gasteiger partial charge on any atom is -0.478 e. The van der Waals surface area contributed by atoms with Crippen molar-refractivity contribution in [2.24, 2.45) is 0 Å². The van der Waals surface area contributed by atoms with Gasteiger partial charge in [-0.25, -0.2) is 4.79 Å². The number of carboxylic acids is 1. The summed E-state index contributed by atoms with van der Waals surface area (Å²) in [6, 6.07) is 15.9. The number of carboxylic acid groups (broad SMARTS) is 1. The van der Waals surface area contributed by atoms with E-state index in [2.05, 4.69) is 0 Å². The van der Waals surface area contributed by atoms with Crippen LogP contribution in [0.25, 0.3) is 10.4 Å². The lowest BCUT2D eigenvalue weighted by Crippen LogP contribution is -2.39. The van der Waals surface area contributed by atoms with Crippen LogP contribution in [0.4, 0.5) is 5.00 Å². The summed E-state index contributed by atoms with van der Waals surface area (Å²) in [7, 11) is 0. The van der Waals surface area contributed by atoms with Gasteiger partial charge in [0.1, 0.15) is 5.00 Å². The zero-order chi connectivity index (χ0) is 21.3. The summed E-state index contributed by atoms with van der Waals surface area (Å²) >= 11 is 13.6. The largest absolute Gasteiger partial charge is 0.478 e. The van der Waals surface area contributed by atoms with Crippen LogP contribution in [0.5, 0.6) is 0 Å². The lowest BCUT2D eigenvalue weighted by atomic mass is 10.1. The van der Waals surface area contributed by atoms with Gasteiger partial charge in [0.15, 0.2) is 0 Å². The summed E-state index contributed by atoms with van der Waals surface area (Å²) < 4.78 is 0. The molecule has 0 spiro atoms. The predicted octanol–water partition coefficient (Wildman–Crippen LogP) is 7.01. The third-order valence-corrected chi connectivity index (χ3v) is 7.02. The lowest BCUT2D eigenvalue weighted by molar-refractivity contribution is 0.0698. The van der Waals surface area contributed by atoms with Gasteiger partial charge in [0.25, 0.3) is 5.91 Å². The summed E-state index contributed by atoms with van der Waals surface area (Å²) in [5.74, 6) is -1.35. The van der Waals surface area contributed by atoms with Gasteiger partial charge in [0.2, 0.25) is 0 Å². The van der Waals surface area contributed by atoms with E-state index in [1.54, 1.807) is 23.1 Å². The molecule has 1 amide bonds. The second kappa shape index (κ2) is 8.80. The molecule has 0 bridgehead atoms. The van der Waals surface area contributed by atoms with Gasteiger partial charge in [-0.2, -0.15) is 0 Å². The van der Waals surface area contributed by atoms with Crippen molar-refractivity contribution < 1.29 is 14.7 Å². The Morgan fingerprint density at radius 1 is 0.967 bits per heavy atom. The number of amides is 1. The molecular weight excluding hydrogens is 441 g/mol. The molecule has 4 nitrogen and oxygen atoms in total. The molecule has 0 unspecified atom stereocenters. The Morgan fingerprint density at radius 2 is 1.67 bits per heavy atom. The van der Waals surface area contributed by atoms with Crippen molar-refractivity contribution >= 4 is 51.4 Å². The van der Waals surface area contributed by atoms with Crippen LogP contribution in [-0.2, 0) is 0 Å². The molecule has 3 aromatic rings. The fourth-order valence-corrected chi connectivity index (χ4v) is 5.55. The van der Waals surface area contributed by atoms with Crippen molar-refractivity contribution in [2.75, 3.05) is 4.90 Å². The quantitative estimate of drug-likeness (QED) is 0.446. The summed E-state index contributed by atoms with van der Waals surface area (Å²) in [6.07, 6.45) is 3.66. The van der Waals surface area contributed by atoms with Crippen LogP contribution in [0.2, 0.25) is 10.0 Å². The van der Waals surface area contributed by atoms with E-state index in [0.717, 1.165) is 36.1 Å². The minimum atomic E-state index is -1.05. The van der Waals surface area contributed by atoms with Crippen LogP contribution in [0.1, 0.15) is 46.4 Å². The molecule has 0 saturated heterocycles. The Morgan fingerprint density at radius 3 is 2.30 bits per heavy atom. The third-order valence-electron chi connectivity index (χ3n) is 5.29. The minimum absolute atomic E-state index is 0.0652. The van der Waals surface area contributed by atoms with Crippen molar-refractivity contribution in [1.29, 1.82) is 0 Å². The number of halogens is 2. The molecule has 7 heteroatoms. The SMILES string of the molecule is O=C(O)c1cc(-c2ccccc2)sc1N(C(=O)c1ccc(Cl)cc1Cl)C1CCCC1. The number of hydrogen-bond donors (Lipinski definition) is 1. The van der Waals surface area contributed by atoms with Gasteiger partial charge in [0.05, 0.1) is 16.1 Å². The fraction of sp³-hybridized carbons (Fsp3) is 0.217. The van der Waals surface area contributed by atoms with E-state index < -0.39 is 5.97 Å². The number of hydrogen-bond acceptors (Lipinski definition) is 3. The van der Waals surface area contributed by atoms with Crippen molar-refractivity contribution in [2.45, 2.75) is 31.7 Å². The smallest absolute Gasteiger partial charge is 0.338 e. The number of benzene rings is 2. The first-order chi connectivity index (χ1) is 14.5. The van der Waals surface area contributed by atoms with Gasteiger partial charge in [-0.1, -0.05) is 66.4 Å². The van der Waals surface area contributed by atoms with Crippen LogP contribution < -0.4 is 4.90 Å². The van der Waals surface area contributed by atoms with Gasteiger partial charge < -0.3 is 5.11 Å². The Bertz CT molecular complexity index is 1090. The van der Waals surface area contributed by atoms with Crippen molar-refractivity contribution in [3.63, 3.8) is 0 Å². The Kier molecular flexibility index (Phi) is 6.14. The van der Waals surface area contributed by atoms with Gasteiger partial charge in [0, 0.05) is 15.9 Å². The molecule has 1 saturated carbocycles. The predicted molar refractivity (Wildman–Crippen MR) is 122 cm³/mol. The number of carbonyl (C=O) groups excluding carboxylic acids is 1.